The van der Waals surface area contributed by atoms with E-state index in [4.69, 9.17) is 14.5 Å². The molecule has 0 N–H and O–H groups in total. The Bertz CT molecular complexity index is 1230. The van der Waals surface area contributed by atoms with Gasteiger partial charge < -0.3 is 9.47 Å². The smallest absolute Gasteiger partial charge is 0.261 e. The van der Waals surface area contributed by atoms with Gasteiger partial charge in [-0.25, -0.2) is 4.98 Å². The Balaban J connectivity index is 1.47. The molecule has 0 saturated carbocycles. The van der Waals surface area contributed by atoms with E-state index < -0.39 is 0 Å². The summed E-state index contributed by atoms with van der Waals surface area (Å²) in [4.78, 5) is 18.1. The average molecular weight is 493 g/mol. The summed E-state index contributed by atoms with van der Waals surface area (Å²) in [5, 5.41) is 0.642. The van der Waals surface area contributed by atoms with Gasteiger partial charge in [0.2, 0.25) is 0 Å². The van der Waals surface area contributed by atoms with Crippen LogP contribution in [0.4, 0.5) is 0 Å². The molecule has 0 unspecified atom stereocenters. The van der Waals surface area contributed by atoms with E-state index in [1.165, 1.54) is 0 Å². The first-order valence-electron chi connectivity index (χ1n) is 10.7. The summed E-state index contributed by atoms with van der Waals surface area (Å²) in [6, 6.07) is 23.0. The van der Waals surface area contributed by atoms with E-state index in [2.05, 4.69) is 15.9 Å². The molecule has 1 heterocycles. The van der Waals surface area contributed by atoms with Crippen molar-refractivity contribution < 1.29 is 9.47 Å². The van der Waals surface area contributed by atoms with Gasteiger partial charge in [-0.05, 0) is 79.9 Å². The highest BCUT2D eigenvalue weighted by Crippen LogP contribution is 2.22. The van der Waals surface area contributed by atoms with Crippen molar-refractivity contribution in [3.05, 3.63) is 87.6 Å². The van der Waals surface area contributed by atoms with Gasteiger partial charge in [0.05, 0.1) is 24.6 Å². The van der Waals surface area contributed by atoms with Crippen LogP contribution in [0.15, 0.2) is 82.1 Å². The Labute approximate surface area is 195 Å². The van der Waals surface area contributed by atoms with Gasteiger partial charge in [0.1, 0.15) is 17.3 Å². The van der Waals surface area contributed by atoms with Crippen molar-refractivity contribution in [1.29, 1.82) is 0 Å². The Hall–Kier alpha value is -3.12. The van der Waals surface area contributed by atoms with E-state index in [1.807, 2.05) is 72.8 Å². The molecule has 32 heavy (non-hydrogen) atoms. The second kappa shape index (κ2) is 10.5. The molecule has 0 saturated heterocycles. The predicted molar refractivity (Wildman–Crippen MR) is 131 cm³/mol. The minimum Gasteiger partial charge on any atom is -0.497 e. The van der Waals surface area contributed by atoms with Gasteiger partial charge >= 0.3 is 0 Å². The molecule has 0 amide bonds. The molecule has 5 nitrogen and oxygen atoms in total. The summed E-state index contributed by atoms with van der Waals surface area (Å²) in [7, 11) is 1.64. The van der Waals surface area contributed by atoms with Crippen molar-refractivity contribution in [2.45, 2.75) is 25.8 Å². The van der Waals surface area contributed by atoms with Gasteiger partial charge in [0.15, 0.2) is 0 Å². The Morgan fingerprint density at radius 2 is 1.59 bits per heavy atom. The normalized spacial score (nSPS) is 10.9. The number of fused-ring (bicyclic) bond motifs is 1. The van der Waals surface area contributed by atoms with E-state index in [-0.39, 0.29) is 5.56 Å². The first kappa shape index (κ1) is 22.1. The Morgan fingerprint density at radius 1 is 0.875 bits per heavy atom. The van der Waals surface area contributed by atoms with E-state index in [9.17, 15) is 4.79 Å². The maximum atomic E-state index is 13.2. The van der Waals surface area contributed by atoms with Gasteiger partial charge in [0.25, 0.3) is 5.56 Å². The molecule has 4 rings (SSSR count). The predicted octanol–water partition coefficient (Wildman–Crippen LogP) is 6.08. The second-order valence-electron chi connectivity index (χ2n) is 7.50. The van der Waals surface area contributed by atoms with E-state index in [1.54, 1.807) is 11.7 Å². The first-order valence-corrected chi connectivity index (χ1v) is 11.5. The fraction of sp³-hybridized carbons (Fsp3) is 0.231. The maximum Gasteiger partial charge on any atom is 0.261 e. The number of hydrogen-bond acceptors (Lipinski definition) is 4. The zero-order chi connectivity index (χ0) is 22.3. The van der Waals surface area contributed by atoms with Gasteiger partial charge in [-0.15, -0.1) is 0 Å². The molecule has 0 aliphatic heterocycles. The van der Waals surface area contributed by atoms with Crippen LogP contribution in [0.25, 0.3) is 22.3 Å². The van der Waals surface area contributed by atoms with Crippen molar-refractivity contribution in [1.82, 2.24) is 9.55 Å². The number of benzene rings is 3. The number of aromatic nitrogens is 2. The molecule has 0 aliphatic rings. The molecular weight excluding hydrogens is 468 g/mol. The molecule has 6 heteroatoms. The van der Waals surface area contributed by atoms with Crippen molar-refractivity contribution in [2.24, 2.45) is 0 Å². The maximum absolute atomic E-state index is 13.2. The third-order valence-corrected chi connectivity index (χ3v) is 5.85. The highest BCUT2D eigenvalue weighted by atomic mass is 79.9. The Morgan fingerprint density at radius 3 is 2.34 bits per heavy atom. The number of unbranched alkanes of at least 4 members (excludes halogenated alkanes) is 2. The van der Waals surface area contributed by atoms with Crippen LogP contribution in [0.2, 0.25) is 0 Å². The molecule has 0 aliphatic carbocycles. The van der Waals surface area contributed by atoms with Crippen LogP contribution >= 0.6 is 15.9 Å². The van der Waals surface area contributed by atoms with E-state index in [0.29, 0.717) is 29.9 Å². The summed E-state index contributed by atoms with van der Waals surface area (Å²) in [6.07, 6.45) is 2.74. The van der Waals surface area contributed by atoms with Gasteiger partial charge in [-0.3, -0.25) is 9.36 Å². The molecule has 0 radical (unpaired) electrons. The van der Waals surface area contributed by atoms with Crippen molar-refractivity contribution >= 4 is 26.8 Å². The second-order valence-corrected chi connectivity index (χ2v) is 8.42. The van der Waals surface area contributed by atoms with Crippen LogP contribution in [-0.2, 0) is 6.54 Å². The van der Waals surface area contributed by atoms with E-state index >= 15 is 0 Å². The highest BCUT2D eigenvalue weighted by molar-refractivity contribution is 9.10. The molecular formula is C26H25BrN2O3. The van der Waals surface area contributed by atoms with Gasteiger partial charge in [-0.2, -0.15) is 0 Å². The van der Waals surface area contributed by atoms with Crippen LogP contribution in [0.5, 0.6) is 11.5 Å². The lowest BCUT2D eigenvalue weighted by Gasteiger charge is -2.14. The molecule has 3 aromatic carbocycles. The summed E-state index contributed by atoms with van der Waals surface area (Å²) in [5.41, 5.74) is 1.60. The summed E-state index contributed by atoms with van der Waals surface area (Å²) in [6.45, 7) is 1.26. The van der Waals surface area contributed by atoms with Gasteiger partial charge in [0, 0.05) is 16.6 Å². The zero-order valence-corrected chi connectivity index (χ0v) is 19.5. The molecule has 4 aromatic rings. The number of methoxy groups -OCH3 is 1. The fourth-order valence-corrected chi connectivity index (χ4v) is 3.87. The lowest BCUT2D eigenvalue weighted by molar-refractivity contribution is 0.303. The Kier molecular flexibility index (Phi) is 7.22. The first-order chi connectivity index (χ1) is 15.7. The summed E-state index contributed by atoms with van der Waals surface area (Å²) >= 11 is 3.43. The number of halogens is 1. The standard InChI is InChI=1S/C26H25BrN2O3/c1-31-21-13-9-19(10-14-21)25-28-24-8-4-3-7-23(24)26(30)29(25)17-5-2-6-18-32-22-15-11-20(27)12-16-22/h3-4,7-16H,2,5-6,17-18H2,1H3. The van der Waals surface area contributed by atoms with Crippen LogP contribution in [0, 0.1) is 0 Å². The van der Waals surface area contributed by atoms with Crippen molar-refractivity contribution in [2.75, 3.05) is 13.7 Å². The van der Waals surface area contributed by atoms with Crippen LogP contribution in [-0.4, -0.2) is 23.3 Å². The lowest BCUT2D eigenvalue weighted by atomic mass is 10.1. The molecule has 164 valence electrons. The molecule has 0 fully saturated rings. The van der Waals surface area contributed by atoms with Gasteiger partial charge in [-0.1, -0.05) is 28.1 Å². The molecule has 0 bridgehead atoms. The highest BCUT2D eigenvalue weighted by Gasteiger charge is 2.12. The average Bonchev–Trinajstić information content (AvgIpc) is 2.83. The third-order valence-electron chi connectivity index (χ3n) is 5.32. The largest absolute Gasteiger partial charge is 0.497 e. The fourth-order valence-electron chi connectivity index (χ4n) is 3.61. The molecule has 1 aromatic heterocycles. The quantitative estimate of drug-likeness (QED) is 0.265. The summed E-state index contributed by atoms with van der Waals surface area (Å²) < 4.78 is 13.9. The minimum absolute atomic E-state index is 0.00692. The number of ether oxygens (including phenoxy) is 2. The zero-order valence-electron chi connectivity index (χ0n) is 18.0. The van der Waals surface area contributed by atoms with Crippen LogP contribution in [0.3, 0.4) is 0 Å². The third kappa shape index (κ3) is 5.19. The summed E-state index contributed by atoms with van der Waals surface area (Å²) in [5.74, 6) is 2.32. The number of rotatable bonds is 9. The SMILES string of the molecule is COc1ccc(-c2nc3ccccc3c(=O)n2CCCCCOc2ccc(Br)cc2)cc1. The van der Waals surface area contributed by atoms with Crippen molar-refractivity contribution in [3.8, 4) is 22.9 Å². The number of nitrogens with zero attached hydrogens (tertiary/aromatic N) is 2. The van der Waals surface area contributed by atoms with Crippen molar-refractivity contribution in [3.63, 3.8) is 0 Å². The van der Waals surface area contributed by atoms with Crippen LogP contribution < -0.4 is 15.0 Å². The topological polar surface area (TPSA) is 53.3 Å². The van der Waals surface area contributed by atoms with Crippen LogP contribution in [0.1, 0.15) is 19.3 Å². The molecule has 0 atom stereocenters. The monoisotopic (exact) mass is 492 g/mol. The number of para-hydroxylation sites is 1. The van der Waals surface area contributed by atoms with E-state index in [0.717, 1.165) is 40.8 Å². The molecule has 0 spiro atoms. The number of hydrogen-bond donors (Lipinski definition) is 0. The minimum atomic E-state index is -0.00692. The lowest BCUT2D eigenvalue weighted by Crippen LogP contribution is -2.23.